The average molecular weight is 484 g/mol. The minimum Gasteiger partial charge on any atom is -0.503 e. The van der Waals surface area contributed by atoms with E-state index >= 15 is 0 Å². The molecule has 1 aliphatic rings. The number of aromatic nitrogens is 1. The highest BCUT2D eigenvalue weighted by Gasteiger charge is 2.44. The van der Waals surface area contributed by atoms with Crippen LogP contribution in [0.2, 0.25) is 5.02 Å². The summed E-state index contributed by atoms with van der Waals surface area (Å²) in [6, 6.07) is 14.4. The maximum Gasteiger partial charge on any atom is 0.294 e. The van der Waals surface area contributed by atoms with Crippen LogP contribution in [0.15, 0.2) is 82.8 Å². The van der Waals surface area contributed by atoms with Gasteiger partial charge in [-0.2, -0.15) is 0 Å². The maximum atomic E-state index is 13.3. The van der Waals surface area contributed by atoms with Gasteiger partial charge in [-0.15, -0.1) is 0 Å². The van der Waals surface area contributed by atoms with E-state index in [1.54, 1.807) is 60.9 Å². The second-order valence-corrected chi connectivity index (χ2v) is 8.19. The van der Waals surface area contributed by atoms with Gasteiger partial charge >= 0.3 is 0 Å². The number of hydrogen-bond donors (Lipinski definition) is 1. The molecule has 1 aromatic heterocycles. The number of amides is 1. The van der Waals surface area contributed by atoms with Gasteiger partial charge in [-0.1, -0.05) is 39.7 Å². The summed E-state index contributed by atoms with van der Waals surface area (Å²) in [6.45, 7) is 1.93. The number of carbonyl (C=O) groups excluding carboxylic acids is 2. The first-order valence-corrected chi connectivity index (χ1v) is 10.3. The van der Waals surface area contributed by atoms with Crippen LogP contribution in [0.4, 0.5) is 5.69 Å². The van der Waals surface area contributed by atoms with Gasteiger partial charge < -0.3 is 5.11 Å². The Labute approximate surface area is 186 Å². The molecule has 2 heterocycles. The summed E-state index contributed by atoms with van der Waals surface area (Å²) in [4.78, 5) is 32.0. The second kappa shape index (κ2) is 8.05. The molecule has 150 valence electrons. The number of aryl methyl sites for hydroxylation is 1. The van der Waals surface area contributed by atoms with E-state index in [-0.39, 0.29) is 5.57 Å². The normalized spacial score (nSPS) is 16.3. The van der Waals surface area contributed by atoms with Crippen molar-refractivity contribution in [1.29, 1.82) is 0 Å². The number of nitrogens with zero attached hydrogens (tertiary/aromatic N) is 2. The molecule has 2 aromatic carbocycles. The second-order valence-electron chi connectivity index (χ2n) is 6.90. The van der Waals surface area contributed by atoms with Crippen LogP contribution in [0.5, 0.6) is 0 Å². The predicted octanol–water partition coefficient (Wildman–Crippen LogP) is 5.59. The van der Waals surface area contributed by atoms with Crippen molar-refractivity contribution in [3.8, 4) is 0 Å². The number of hydrogen-bond acceptors (Lipinski definition) is 4. The average Bonchev–Trinajstić information content (AvgIpc) is 3.01. The largest absolute Gasteiger partial charge is 0.503 e. The van der Waals surface area contributed by atoms with Crippen LogP contribution in [0.3, 0.4) is 0 Å². The number of anilines is 1. The first kappa shape index (κ1) is 20.3. The third kappa shape index (κ3) is 3.53. The fourth-order valence-electron chi connectivity index (χ4n) is 3.45. The minimum atomic E-state index is -0.816. The van der Waals surface area contributed by atoms with Crippen LogP contribution >= 0.6 is 27.5 Å². The number of Topliss-reactive ketones (excluding diaryl/α,β-unsaturated/α-hetero) is 1. The first-order valence-electron chi connectivity index (χ1n) is 9.11. The number of aliphatic hydroxyl groups is 1. The van der Waals surface area contributed by atoms with Crippen LogP contribution in [0.1, 0.15) is 27.5 Å². The van der Waals surface area contributed by atoms with Crippen molar-refractivity contribution in [2.24, 2.45) is 0 Å². The summed E-state index contributed by atoms with van der Waals surface area (Å²) in [6.07, 6.45) is 3.19. The number of halogens is 2. The molecule has 4 rings (SSSR count). The van der Waals surface area contributed by atoms with Crippen molar-refractivity contribution in [3.05, 3.63) is 105 Å². The van der Waals surface area contributed by atoms with Crippen molar-refractivity contribution < 1.29 is 14.7 Å². The summed E-state index contributed by atoms with van der Waals surface area (Å²) in [5, 5.41) is 11.2. The molecule has 0 radical (unpaired) electrons. The van der Waals surface area contributed by atoms with E-state index in [4.69, 9.17) is 11.6 Å². The standard InChI is InChI=1S/C23H16BrClN2O3/c1-13-4-9-17(11-18(13)24)27-20(15-3-2-10-26-12-15)19(22(29)23(27)30)21(28)14-5-7-16(25)8-6-14/h2-12,20,29H,1H3/t20-/m1/s1. The third-order valence-corrected chi connectivity index (χ3v) is 6.10. The number of pyridine rings is 1. The molecule has 0 aliphatic carbocycles. The lowest BCUT2D eigenvalue weighted by atomic mass is 9.93. The van der Waals surface area contributed by atoms with Crippen molar-refractivity contribution in [2.45, 2.75) is 13.0 Å². The van der Waals surface area contributed by atoms with E-state index in [0.29, 0.717) is 21.8 Å². The molecule has 1 N–H and O–H groups in total. The summed E-state index contributed by atoms with van der Waals surface area (Å²) in [5.41, 5.74) is 2.50. The lowest BCUT2D eigenvalue weighted by molar-refractivity contribution is -0.117. The van der Waals surface area contributed by atoms with Crippen LogP contribution < -0.4 is 4.90 Å². The molecule has 0 saturated heterocycles. The van der Waals surface area contributed by atoms with Crippen molar-refractivity contribution in [1.82, 2.24) is 4.98 Å². The molecule has 1 amide bonds. The Bertz CT molecular complexity index is 1180. The quantitative estimate of drug-likeness (QED) is 0.491. The molecule has 3 aromatic rings. The van der Waals surface area contributed by atoms with Gasteiger partial charge in [-0.25, -0.2) is 0 Å². The molecule has 0 spiro atoms. The van der Waals surface area contributed by atoms with Gasteiger partial charge in [0, 0.05) is 33.1 Å². The molecular weight excluding hydrogens is 468 g/mol. The Kier molecular flexibility index (Phi) is 5.45. The fraction of sp³-hybridized carbons (Fsp3) is 0.0870. The topological polar surface area (TPSA) is 70.5 Å². The van der Waals surface area contributed by atoms with E-state index in [2.05, 4.69) is 20.9 Å². The van der Waals surface area contributed by atoms with Crippen LogP contribution in [-0.4, -0.2) is 21.8 Å². The van der Waals surface area contributed by atoms with Gasteiger partial charge in [0.2, 0.25) is 0 Å². The number of benzene rings is 2. The molecule has 1 aliphatic heterocycles. The van der Waals surface area contributed by atoms with Gasteiger partial charge in [0.15, 0.2) is 11.5 Å². The molecule has 1 atom stereocenters. The van der Waals surface area contributed by atoms with E-state index in [1.807, 2.05) is 13.0 Å². The Balaban J connectivity index is 1.87. The highest BCUT2D eigenvalue weighted by Crippen LogP contribution is 2.42. The number of aliphatic hydroxyl groups excluding tert-OH is 1. The first-order chi connectivity index (χ1) is 14.4. The van der Waals surface area contributed by atoms with E-state index in [1.165, 1.54) is 4.90 Å². The Hall–Kier alpha value is -2.96. The monoisotopic (exact) mass is 482 g/mol. The lowest BCUT2D eigenvalue weighted by Gasteiger charge is -2.27. The highest BCUT2D eigenvalue weighted by molar-refractivity contribution is 9.10. The third-order valence-electron chi connectivity index (χ3n) is 4.99. The van der Waals surface area contributed by atoms with Crippen molar-refractivity contribution in [3.63, 3.8) is 0 Å². The van der Waals surface area contributed by atoms with Gasteiger partial charge in [0.05, 0.1) is 11.6 Å². The summed E-state index contributed by atoms with van der Waals surface area (Å²) >= 11 is 9.42. The van der Waals surface area contributed by atoms with E-state index in [0.717, 1.165) is 10.0 Å². The Morgan fingerprint density at radius 3 is 2.53 bits per heavy atom. The molecule has 5 nitrogen and oxygen atoms in total. The zero-order valence-corrected chi connectivity index (χ0v) is 18.2. The van der Waals surface area contributed by atoms with Crippen molar-refractivity contribution >= 4 is 44.9 Å². The zero-order chi connectivity index (χ0) is 21.4. The molecule has 30 heavy (non-hydrogen) atoms. The SMILES string of the molecule is Cc1ccc(N2C(=O)C(O)=C(C(=O)c3ccc(Cl)cc3)[C@H]2c2cccnc2)cc1Br. The molecule has 0 fully saturated rings. The van der Waals surface area contributed by atoms with E-state index < -0.39 is 23.5 Å². The lowest BCUT2D eigenvalue weighted by Crippen LogP contribution is -2.31. The Morgan fingerprint density at radius 1 is 1.17 bits per heavy atom. The molecular formula is C23H16BrClN2O3. The summed E-state index contributed by atoms with van der Waals surface area (Å²) in [7, 11) is 0. The molecule has 7 heteroatoms. The zero-order valence-electron chi connectivity index (χ0n) is 15.8. The van der Waals surface area contributed by atoms with Crippen LogP contribution in [0, 0.1) is 6.92 Å². The van der Waals surface area contributed by atoms with Crippen LogP contribution in [0.25, 0.3) is 0 Å². The van der Waals surface area contributed by atoms with Gasteiger partial charge in [0.1, 0.15) is 0 Å². The summed E-state index contributed by atoms with van der Waals surface area (Å²) in [5.74, 6) is -1.66. The van der Waals surface area contributed by atoms with E-state index in [9.17, 15) is 14.7 Å². The van der Waals surface area contributed by atoms with Crippen LogP contribution in [-0.2, 0) is 4.79 Å². The maximum absolute atomic E-state index is 13.3. The van der Waals surface area contributed by atoms with Crippen molar-refractivity contribution in [2.75, 3.05) is 4.90 Å². The number of ketones is 1. The predicted molar refractivity (Wildman–Crippen MR) is 119 cm³/mol. The Morgan fingerprint density at radius 2 is 1.90 bits per heavy atom. The van der Waals surface area contributed by atoms with Gasteiger partial charge in [0.25, 0.3) is 5.91 Å². The molecule has 0 unspecified atom stereocenters. The fourth-order valence-corrected chi connectivity index (χ4v) is 3.94. The number of carbonyl (C=O) groups is 2. The molecule has 0 saturated carbocycles. The smallest absolute Gasteiger partial charge is 0.294 e. The van der Waals surface area contributed by atoms with Gasteiger partial charge in [-0.05, 0) is 60.5 Å². The minimum absolute atomic E-state index is 0.00650. The highest BCUT2D eigenvalue weighted by atomic mass is 79.9. The number of rotatable bonds is 4. The molecule has 0 bridgehead atoms. The van der Waals surface area contributed by atoms with Gasteiger partial charge in [-0.3, -0.25) is 19.5 Å². The summed E-state index contributed by atoms with van der Waals surface area (Å²) < 4.78 is 0.815.